The predicted molar refractivity (Wildman–Crippen MR) is 47.5 cm³/mol. The van der Waals surface area contributed by atoms with E-state index in [1.54, 1.807) is 24.3 Å². The first-order chi connectivity index (χ1) is 5.94. The molecule has 0 unspecified atom stereocenters. The smallest absolute Gasteiger partial charge is 0.300 e. The summed E-state index contributed by atoms with van der Waals surface area (Å²) in [5.41, 5.74) is 0. The van der Waals surface area contributed by atoms with E-state index in [1.807, 2.05) is 0 Å². The molecule has 13 heavy (non-hydrogen) atoms. The van der Waals surface area contributed by atoms with Gasteiger partial charge in [0.1, 0.15) is 0 Å². The average Bonchev–Trinajstić information content (AvgIpc) is 2.42. The van der Waals surface area contributed by atoms with Crippen molar-refractivity contribution in [2.75, 3.05) is 0 Å². The van der Waals surface area contributed by atoms with Gasteiger partial charge < -0.3 is 5.11 Å². The fourth-order valence-corrected chi connectivity index (χ4v) is 2.19. The van der Waals surface area contributed by atoms with Crippen molar-refractivity contribution in [2.24, 2.45) is 0 Å². The van der Waals surface area contributed by atoms with E-state index >= 15 is 0 Å². The molecular formula is C8H8O4S. The third-order valence-corrected chi connectivity index (χ3v) is 3.23. The zero-order chi connectivity index (χ0) is 10.1. The molecule has 0 saturated carbocycles. The zero-order valence-electron chi connectivity index (χ0n) is 6.89. The maximum absolute atomic E-state index is 11.0. The van der Waals surface area contributed by atoms with Gasteiger partial charge in [0.25, 0.3) is 5.97 Å². The van der Waals surface area contributed by atoms with Crippen LogP contribution in [-0.2, 0) is 14.6 Å². The van der Waals surface area contributed by atoms with Crippen LogP contribution in [0.3, 0.4) is 0 Å². The summed E-state index contributed by atoms with van der Waals surface area (Å²) in [6.45, 7) is 1.08. The third-order valence-electron chi connectivity index (χ3n) is 1.44. The molecule has 0 fully saturated rings. The molecular weight excluding hydrogens is 192 g/mol. The Bertz CT molecular complexity index is 391. The van der Waals surface area contributed by atoms with Crippen LogP contribution >= 0.6 is 0 Å². The van der Waals surface area contributed by atoms with E-state index in [2.05, 4.69) is 0 Å². The SMILES string of the molecule is CC(=O)O.O=S1(=O)C2=CC=C1C=C2. The molecule has 1 N–H and O–H groups in total. The summed E-state index contributed by atoms with van der Waals surface area (Å²) in [5.74, 6) is -0.833. The van der Waals surface area contributed by atoms with Crippen molar-refractivity contribution in [3.8, 4) is 0 Å². The van der Waals surface area contributed by atoms with Crippen molar-refractivity contribution in [1.29, 1.82) is 0 Å². The number of carbonyl (C=O) groups is 1. The molecule has 2 bridgehead atoms. The molecule has 0 saturated heterocycles. The molecule has 0 aliphatic carbocycles. The fourth-order valence-electron chi connectivity index (χ4n) is 0.934. The van der Waals surface area contributed by atoms with Crippen LogP contribution in [0.2, 0.25) is 0 Å². The van der Waals surface area contributed by atoms with Crippen LogP contribution in [-0.4, -0.2) is 19.5 Å². The highest BCUT2D eigenvalue weighted by molar-refractivity contribution is 8.00. The Morgan fingerprint density at radius 1 is 1.23 bits per heavy atom. The van der Waals surface area contributed by atoms with Crippen LogP contribution < -0.4 is 0 Å². The lowest BCUT2D eigenvalue weighted by Gasteiger charge is -1.86. The van der Waals surface area contributed by atoms with Crippen molar-refractivity contribution in [3.63, 3.8) is 0 Å². The van der Waals surface area contributed by atoms with E-state index in [4.69, 9.17) is 9.90 Å². The minimum atomic E-state index is -2.98. The highest BCUT2D eigenvalue weighted by atomic mass is 32.2. The minimum absolute atomic E-state index is 0.428. The number of fused-ring (bicyclic) bond motifs is 2. The molecule has 5 heteroatoms. The van der Waals surface area contributed by atoms with E-state index < -0.39 is 15.8 Å². The van der Waals surface area contributed by atoms with Gasteiger partial charge >= 0.3 is 0 Å². The van der Waals surface area contributed by atoms with E-state index in [1.165, 1.54) is 0 Å². The lowest BCUT2D eigenvalue weighted by atomic mass is 10.3. The van der Waals surface area contributed by atoms with Gasteiger partial charge in [-0.2, -0.15) is 0 Å². The summed E-state index contributed by atoms with van der Waals surface area (Å²) in [6.07, 6.45) is 6.46. The Balaban J connectivity index is 0.000000184. The molecule has 70 valence electrons. The molecule has 0 aromatic carbocycles. The predicted octanol–water partition coefficient (Wildman–Crippen LogP) is 0.843. The summed E-state index contributed by atoms with van der Waals surface area (Å²) < 4.78 is 21.9. The number of carboxylic acids is 1. The molecule has 2 heterocycles. The first-order valence-corrected chi connectivity index (χ1v) is 4.97. The molecule has 2 aliphatic rings. The monoisotopic (exact) mass is 200 g/mol. The van der Waals surface area contributed by atoms with Crippen molar-refractivity contribution in [3.05, 3.63) is 34.1 Å². The van der Waals surface area contributed by atoms with Gasteiger partial charge in [0, 0.05) is 6.92 Å². The topological polar surface area (TPSA) is 71.4 Å². The number of sulfone groups is 1. The highest BCUT2D eigenvalue weighted by Gasteiger charge is 2.28. The third kappa shape index (κ3) is 1.86. The highest BCUT2D eigenvalue weighted by Crippen LogP contribution is 2.32. The second kappa shape index (κ2) is 3.18. The van der Waals surface area contributed by atoms with Gasteiger partial charge in [-0.1, -0.05) is 0 Å². The van der Waals surface area contributed by atoms with E-state index in [0.717, 1.165) is 6.92 Å². The Hall–Kier alpha value is -1.36. The quantitative estimate of drug-likeness (QED) is 0.629. The number of carboxylic acid groups (broad SMARTS) is 1. The van der Waals surface area contributed by atoms with Crippen molar-refractivity contribution in [1.82, 2.24) is 0 Å². The van der Waals surface area contributed by atoms with Gasteiger partial charge in [0.15, 0.2) is 0 Å². The van der Waals surface area contributed by atoms with E-state index in [9.17, 15) is 8.42 Å². The average molecular weight is 200 g/mol. The molecule has 4 nitrogen and oxygen atoms in total. The van der Waals surface area contributed by atoms with Gasteiger partial charge in [0.2, 0.25) is 9.84 Å². The Morgan fingerprint density at radius 3 is 1.62 bits per heavy atom. The summed E-state index contributed by atoms with van der Waals surface area (Å²) in [5, 5.41) is 7.42. The largest absolute Gasteiger partial charge is 0.481 e. The minimum Gasteiger partial charge on any atom is -0.481 e. The summed E-state index contributed by atoms with van der Waals surface area (Å²) in [7, 11) is -2.98. The van der Waals surface area contributed by atoms with Gasteiger partial charge in [0.05, 0.1) is 9.81 Å². The van der Waals surface area contributed by atoms with Crippen LogP contribution in [0.4, 0.5) is 0 Å². The summed E-state index contributed by atoms with van der Waals surface area (Å²) >= 11 is 0. The second-order valence-corrected chi connectivity index (χ2v) is 4.44. The maximum Gasteiger partial charge on any atom is 0.300 e. The fraction of sp³-hybridized carbons (Fsp3) is 0.125. The molecule has 2 aliphatic heterocycles. The molecule has 0 atom stereocenters. The zero-order valence-corrected chi connectivity index (χ0v) is 7.71. The molecule has 0 aromatic heterocycles. The summed E-state index contributed by atoms with van der Waals surface area (Å²) in [6, 6.07) is 0. The van der Waals surface area contributed by atoms with Gasteiger partial charge in [-0.3, -0.25) is 4.79 Å². The Labute approximate surface area is 75.8 Å². The molecule has 0 radical (unpaired) electrons. The van der Waals surface area contributed by atoms with Gasteiger partial charge in [-0.25, -0.2) is 8.42 Å². The Morgan fingerprint density at radius 2 is 1.54 bits per heavy atom. The molecule has 0 aromatic rings. The standard InChI is InChI=1S/C6H4O2S.C2H4O2/c7-9(8)5-1-2-6(9)4-3-5;1-2(3)4/h1-4H;1H3,(H,3,4). The number of hydrogen-bond donors (Lipinski definition) is 1. The van der Waals surface area contributed by atoms with Gasteiger partial charge in [-0.15, -0.1) is 0 Å². The number of rotatable bonds is 0. The van der Waals surface area contributed by atoms with Crippen LogP contribution in [0.1, 0.15) is 6.92 Å². The van der Waals surface area contributed by atoms with Crippen LogP contribution in [0.5, 0.6) is 0 Å². The number of allylic oxidation sites excluding steroid dienone is 4. The van der Waals surface area contributed by atoms with E-state index in [0.29, 0.717) is 9.81 Å². The van der Waals surface area contributed by atoms with Crippen LogP contribution in [0.25, 0.3) is 0 Å². The first-order valence-electron chi connectivity index (χ1n) is 3.49. The van der Waals surface area contributed by atoms with Crippen molar-refractivity contribution < 1.29 is 18.3 Å². The van der Waals surface area contributed by atoms with Crippen LogP contribution in [0, 0.1) is 0 Å². The normalized spacial score (nSPS) is 20.1. The first kappa shape index (κ1) is 9.73. The second-order valence-electron chi connectivity index (χ2n) is 2.49. The molecule has 2 rings (SSSR count). The number of hydrogen-bond acceptors (Lipinski definition) is 3. The van der Waals surface area contributed by atoms with Crippen molar-refractivity contribution >= 4 is 15.8 Å². The van der Waals surface area contributed by atoms with E-state index in [-0.39, 0.29) is 0 Å². The summed E-state index contributed by atoms with van der Waals surface area (Å²) in [4.78, 5) is 9.86. The lowest BCUT2D eigenvalue weighted by molar-refractivity contribution is -0.134. The number of aliphatic carboxylic acids is 1. The lowest BCUT2D eigenvalue weighted by Crippen LogP contribution is -1.92. The molecule has 0 amide bonds. The maximum atomic E-state index is 11.0. The Kier molecular flexibility index (Phi) is 2.38. The van der Waals surface area contributed by atoms with Gasteiger partial charge in [-0.05, 0) is 24.3 Å². The van der Waals surface area contributed by atoms with Crippen LogP contribution in [0.15, 0.2) is 34.1 Å². The molecule has 0 spiro atoms. The van der Waals surface area contributed by atoms with Crippen molar-refractivity contribution in [2.45, 2.75) is 6.92 Å².